The molecule has 0 bridgehead atoms. The van der Waals surface area contributed by atoms with Gasteiger partial charge in [0.2, 0.25) is 0 Å². The van der Waals surface area contributed by atoms with Gasteiger partial charge in [0.1, 0.15) is 0 Å². The van der Waals surface area contributed by atoms with Crippen LogP contribution in [0.1, 0.15) is 15.9 Å². The van der Waals surface area contributed by atoms with Crippen molar-refractivity contribution in [2.24, 2.45) is 0 Å². The Bertz CT molecular complexity index is 908. The number of carbonyl (C=O) groups excluding carboxylic acids is 1. The largest absolute Gasteiger partial charge is 0.465 e. The van der Waals surface area contributed by atoms with Crippen LogP contribution in [-0.2, 0) is 4.74 Å². The maximum absolute atomic E-state index is 12.5. The fourth-order valence-electron chi connectivity index (χ4n) is 2.55. The Kier molecular flexibility index (Phi) is 3.51. The number of aryl methyl sites for hydroxylation is 1. The van der Waals surface area contributed by atoms with Crippen LogP contribution in [0.2, 0.25) is 0 Å². The summed E-state index contributed by atoms with van der Waals surface area (Å²) in [6.07, 6.45) is 0. The molecule has 4 heteroatoms. The maximum atomic E-state index is 12.5. The highest BCUT2D eigenvalue weighted by Crippen LogP contribution is 2.27. The molecule has 22 heavy (non-hydrogen) atoms. The summed E-state index contributed by atoms with van der Waals surface area (Å²) in [5, 5.41) is 0.671. The monoisotopic (exact) mass is 293 g/mol. The first kappa shape index (κ1) is 14.1. The second kappa shape index (κ2) is 5.48. The Balaban J connectivity index is 2.42. The second-order valence-electron chi connectivity index (χ2n) is 5.11. The number of pyridine rings is 1. The summed E-state index contributed by atoms with van der Waals surface area (Å²) >= 11 is 0. The van der Waals surface area contributed by atoms with Gasteiger partial charge < -0.3 is 9.72 Å². The molecule has 0 saturated heterocycles. The number of aromatic amines is 1. The molecule has 0 amide bonds. The third-order valence-corrected chi connectivity index (χ3v) is 3.65. The summed E-state index contributed by atoms with van der Waals surface area (Å²) in [6, 6.07) is 14.7. The van der Waals surface area contributed by atoms with Gasteiger partial charge in [-0.1, -0.05) is 48.0 Å². The van der Waals surface area contributed by atoms with E-state index in [1.54, 1.807) is 12.1 Å². The number of methoxy groups -OCH3 is 1. The van der Waals surface area contributed by atoms with E-state index in [2.05, 4.69) is 4.98 Å². The van der Waals surface area contributed by atoms with Crippen molar-refractivity contribution in [2.45, 2.75) is 6.92 Å². The van der Waals surface area contributed by atoms with Gasteiger partial charge in [-0.25, -0.2) is 4.79 Å². The zero-order valence-corrected chi connectivity index (χ0v) is 12.3. The quantitative estimate of drug-likeness (QED) is 0.738. The van der Waals surface area contributed by atoms with Crippen LogP contribution in [-0.4, -0.2) is 18.1 Å². The Morgan fingerprint density at radius 1 is 1.05 bits per heavy atom. The van der Waals surface area contributed by atoms with E-state index < -0.39 is 5.97 Å². The highest BCUT2D eigenvalue weighted by Gasteiger charge is 2.20. The van der Waals surface area contributed by atoms with E-state index in [0.29, 0.717) is 27.6 Å². The van der Waals surface area contributed by atoms with E-state index in [0.717, 1.165) is 5.56 Å². The smallest absolute Gasteiger partial charge is 0.339 e. The van der Waals surface area contributed by atoms with Crippen LogP contribution < -0.4 is 5.56 Å². The molecule has 1 N–H and O–H groups in total. The second-order valence-corrected chi connectivity index (χ2v) is 5.11. The van der Waals surface area contributed by atoms with E-state index in [1.807, 2.05) is 43.3 Å². The Morgan fingerprint density at radius 3 is 2.41 bits per heavy atom. The zero-order valence-electron chi connectivity index (χ0n) is 12.3. The van der Waals surface area contributed by atoms with Gasteiger partial charge in [-0.15, -0.1) is 0 Å². The van der Waals surface area contributed by atoms with Gasteiger partial charge in [-0.3, -0.25) is 4.79 Å². The predicted octanol–water partition coefficient (Wildman–Crippen LogP) is 3.29. The SMILES string of the molecule is COC(=O)c1c(-c2ccc(C)cc2)c(=O)[nH]c2ccccc12. The van der Waals surface area contributed by atoms with Crippen molar-refractivity contribution < 1.29 is 9.53 Å². The first-order valence-electron chi connectivity index (χ1n) is 6.92. The summed E-state index contributed by atoms with van der Waals surface area (Å²) in [4.78, 5) is 27.6. The summed E-state index contributed by atoms with van der Waals surface area (Å²) < 4.78 is 4.89. The van der Waals surface area contributed by atoms with E-state index in [4.69, 9.17) is 4.74 Å². The zero-order chi connectivity index (χ0) is 15.7. The molecule has 0 fully saturated rings. The van der Waals surface area contributed by atoms with Gasteiger partial charge in [-0.05, 0) is 18.6 Å². The van der Waals surface area contributed by atoms with E-state index in [-0.39, 0.29) is 5.56 Å². The van der Waals surface area contributed by atoms with Gasteiger partial charge in [0.05, 0.1) is 18.2 Å². The average Bonchev–Trinajstić information content (AvgIpc) is 2.54. The lowest BCUT2D eigenvalue weighted by atomic mass is 9.97. The summed E-state index contributed by atoms with van der Waals surface area (Å²) in [5.74, 6) is -0.516. The average molecular weight is 293 g/mol. The Labute approximate surface area is 127 Å². The van der Waals surface area contributed by atoms with Crippen LogP contribution in [0.25, 0.3) is 22.0 Å². The van der Waals surface area contributed by atoms with Crippen LogP contribution in [0.3, 0.4) is 0 Å². The number of rotatable bonds is 2. The van der Waals surface area contributed by atoms with Gasteiger partial charge in [0.15, 0.2) is 0 Å². The van der Waals surface area contributed by atoms with Gasteiger partial charge in [-0.2, -0.15) is 0 Å². The number of nitrogens with one attached hydrogen (secondary N) is 1. The standard InChI is InChI=1S/C18H15NO3/c1-11-7-9-12(10-8-11)15-16(18(21)22-2)13-5-3-4-6-14(13)19-17(15)20/h3-10H,1-2H3,(H,19,20). The number of H-pyrrole nitrogens is 1. The predicted molar refractivity (Wildman–Crippen MR) is 86.1 cm³/mol. The molecule has 0 aliphatic heterocycles. The minimum Gasteiger partial charge on any atom is -0.465 e. The maximum Gasteiger partial charge on any atom is 0.339 e. The molecule has 110 valence electrons. The first-order valence-corrected chi connectivity index (χ1v) is 6.92. The van der Waals surface area contributed by atoms with Crippen LogP contribution in [0.15, 0.2) is 53.3 Å². The van der Waals surface area contributed by atoms with Crippen molar-refractivity contribution >= 4 is 16.9 Å². The highest BCUT2D eigenvalue weighted by molar-refractivity contribution is 6.08. The van der Waals surface area contributed by atoms with Crippen LogP contribution in [0, 0.1) is 6.92 Å². The Hall–Kier alpha value is -2.88. The number of esters is 1. The van der Waals surface area contributed by atoms with Crippen molar-refractivity contribution in [1.29, 1.82) is 0 Å². The molecule has 3 rings (SSSR count). The lowest BCUT2D eigenvalue weighted by Gasteiger charge is -2.11. The highest BCUT2D eigenvalue weighted by atomic mass is 16.5. The Morgan fingerprint density at radius 2 is 1.73 bits per heavy atom. The lowest BCUT2D eigenvalue weighted by Crippen LogP contribution is -2.16. The number of ether oxygens (including phenoxy) is 1. The molecule has 2 aromatic carbocycles. The van der Waals surface area contributed by atoms with Crippen LogP contribution in [0.5, 0.6) is 0 Å². The first-order chi connectivity index (χ1) is 10.6. The van der Waals surface area contributed by atoms with Crippen molar-refractivity contribution in [3.05, 3.63) is 70.0 Å². The molecule has 0 unspecified atom stereocenters. The fourth-order valence-corrected chi connectivity index (χ4v) is 2.55. The minimum atomic E-state index is -0.516. The van der Waals surface area contributed by atoms with Crippen molar-refractivity contribution in [2.75, 3.05) is 7.11 Å². The third-order valence-electron chi connectivity index (χ3n) is 3.65. The molecule has 1 heterocycles. The normalized spacial score (nSPS) is 10.6. The molecular weight excluding hydrogens is 278 g/mol. The lowest BCUT2D eigenvalue weighted by molar-refractivity contribution is 0.0603. The molecule has 1 aromatic heterocycles. The number of para-hydroxylation sites is 1. The van der Waals surface area contributed by atoms with Crippen molar-refractivity contribution in [3.8, 4) is 11.1 Å². The fraction of sp³-hybridized carbons (Fsp3) is 0.111. The molecule has 3 aromatic rings. The van der Waals surface area contributed by atoms with Gasteiger partial charge in [0, 0.05) is 10.9 Å². The molecule has 0 aliphatic carbocycles. The molecular formula is C18H15NO3. The van der Waals surface area contributed by atoms with Crippen molar-refractivity contribution in [1.82, 2.24) is 4.98 Å². The number of benzene rings is 2. The molecule has 0 atom stereocenters. The van der Waals surface area contributed by atoms with Gasteiger partial charge >= 0.3 is 5.97 Å². The van der Waals surface area contributed by atoms with Gasteiger partial charge in [0.25, 0.3) is 5.56 Å². The minimum absolute atomic E-state index is 0.297. The van der Waals surface area contributed by atoms with E-state index >= 15 is 0 Å². The number of carbonyl (C=O) groups is 1. The number of aromatic nitrogens is 1. The molecule has 4 nitrogen and oxygen atoms in total. The van der Waals surface area contributed by atoms with E-state index in [9.17, 15) is 9.59 Å². The van der Waals surface area contributed by atoms with E-state index in [1.165, 1.54) is 7.11 Å². The molecule has 0 aliphatic rings. The third kappa shape index (κ3) is 2.29. The summed E-state index contributed by atoms with van der Waals surface area (Å²) in [6.45, 7) is 1.97. The molecule has 0 spiro atoms. The molecule has 0 radical (unpaired) electrons. The number of fused-ring (bicyclic) bond motifs is 1. The number of hydrogen-bond acceptors (Lipinski definition) is 3. The molecule has 0 saturated carbocycles. The topological polar surface area (TPSA) is 59.2 Å². The van der Waals surface area contributed by atoms with Crippen LogP contribution in [0.4, 0.5) is 0 Å². The van der Waals surface area contributed by atoms with Crippen LogP contribution >= 0.6 is 0 Å². The number of hydrogen-bond donors (Lipinski definition) is 1. The van der Waals surface area contributed by atoms with Crippen molar-refractivity contribution in [3.63, 3.8) is 0 Å². The summed E-state index contributed by atoms with van der Waals surface area (Å²) in [5.41, 5.74) is 2.72. The summed E-state index contributed by atoms with van der Waals surface area (Å²) in [7, 11) is 1.32.